The first-order chi connectivity index (χ1) is 15.9. The molecule has 174 valence electrons. The lowest BCUT2D eigenvalue weighted by molar-refractivity contribution is -0.142. The van der Waals surface area contributed by atoms with E-state index in [1.165, 1.54) is 0 Å². The van der Waals surface area contributed by atoms with Crippen molar-refractivity contribution in [1.82, 2.24) is 10.2 Å². The summed E-state index contributed by atoms with van der Waals surface area (Å²) in [6, 6.07) is 20.4. The fourth-order valence-corrected chi connectivity index (χ4v) is 3.55. The number of nitrogens with one attached hydrogen (secondary N) is 1. The lowest BCUT2D eigenvalue weighted by atomic mass is 10.1. The van der Waals surface area contributed by atoms with Gasteiger partial charge in [0.15, 0.2) is 6.61 Å². The number of carbonyl (C=O) groups is 2. The van der Waals surface area contributed by atoms with Crippen LogP contribution in [0.1, 0.15) is 26.3 Å². The van der Waals surface area contributed by atoms with E-state index in [2.05, 4.69) is 5.32 Å². The number of benzene rings is 3. The molecule has 1 N–H and O–H groups in total. The number of nitrogens with zero attached hydrogens (tertiary/aromatic N) is 1. The molecule has 0 bridgehead atoms. The van der Waals surface area contributed by atoms with Gasteiger partial charge in [-0.3, -0.25) is 9.59 Å². The molecule has 0 aliphatic rings. The summed E-state index contributed by atoms with van der Waals surface area (Å²) in [7, 11) is 1.60. The predicted molar refractivity (Wildman–Crippen MR) is 130 cm³/mol. The second-order valence-electron chi connectivity index (χ2n) is 8.45. The van der Waals surface area contributed by atoms with Crippen LogP contribution in [0.25, 0.3) is 10.8 Å². The highest BCUT2D eigenvalue weighted by Crippen LogP contribution is 2.25. The molecule has 0 fully saturated rings. The van der Waals surface area contributed by atoms with Crippen molar-refractivity contribution in [3.05, 3.63) is 72.3 Å². The maximum Gasteiger partial charge on any atom is 0.261 e. The van der Waals surface area contributed by atoms with Gasteiger partial charge in [0.25, 0.3) is 5.91 Å². The molecule has 3 rings (SSSR count). The van der Waals surface area contributed by atoms with E-state index < -0.39 is 6.04 Å². The van der Waals surface area contributed by atoms with Crippen LogP contribution >= 0.6 is 0 Å². The van der Waals surface area contributed by atoms with Gasteiger partial charge in [0.1, 0.15) is 17.5 Å². The van der Waals surface area contributed by atoms with Crippen molar-refractivity contribution in [2.75, 3.05) is 20.3 Å². The number of methoxy groups -OCH3 is 1. The van der Waals surface area contributed by atoms with Crippen molar-refractivity contribution in [3.8, 4) is 11.5 Å². The molecule has 0 aliphatic carbocycles. The van der Waals surface area contributed by atoms with E-state index in [1.807, 2.05) is 80.6 Å². The topological polar surface area (TPSA) is 67.9 Å². The third kappa shape index (κ3) is 6.48. The Morgan fingerprint density at radius 3 is 2.45 bits per heavy atom. The minimum atomic E-state index is -0.654. The summed E-state index contributed by atoms with van der Waals surface area (Å²) >= 11 is 0. The smallest absolute Gasteiger partial charge is 0.261 e. The van der Waals surface area contributed by atoms with Crippen LogP contribution in [0.2, 0.25) is 0 Å². The molecule has 0 aliphatic heterocycles. The third-order valence-corrected chi connectivity index (χ3v) is 5.44. The monoisotopic (exact) mass is 448 g/mol. The molecule has 0 radical (unpaired) electrons. The summed E-state index contributed by atoms with van der Waals surface area (Å²) in [6.45, 7) is 6.46. The molecule has 0 saturated heterocycles. The molecule has 0 saturated carbocycles. The Bertz CT molecular complexity index is 1090. The van der Waals surface area contributed by atoms with Crippen molar-refractivity contribution < 1.29 is 19.1 Å². The molecule has 3 aromatic rings. The van der Waals surface area contributed by atoms with Gasteiger partial charge >= 0.3 is 0 Å². The average molecular weight is 449 g/mol. The number of rotatable bonds is 10. The van der Waals surface area contributed by atoms with Crippen LogP contribution in [0.3, 0.4) is 0 Å². The molecule has 1 unspecified atom stereocenters. The van der Waals surface area contributed by atoms with Crippen LogP contribution in [0.5, 0.6) is 11.5 Å². The van der Waals surface area contributed by atoms with Crippen LogP contribution in [0, 0.1) is 5.92 Å². The predicted octanol–water partition coefficient (Wildman–Crippen LogP) is 4.42. The second-order valence-corrected chi connectivity index (χ2v) is 8.45. The Kier molecular flexibility index (Phi) is 8.30. The first-order valence-electron chi connectivity index (χ1n) is 11.2. The lowest BCUT2D eigenvalue weighted by Gasteiger charge is -2.29. The summed E-state index contributed by atoms with van der Waals surface area (Å²) in [4.78, 5) is 27.6. The number of ether oxygens (including phenoxy) is 2. The molecule has 3 aromatic carbocycles. The zero-order chi connectivity index (χ0) is 23.8. The standard InChI is InChI=1S/C27H32N2O4/c1-19(2)16-28-27(31)20(3)29(17-21-9-7-12-23(15-21)32-4)26(30)18-33-25-14-8-11-22-10-5-6-13-24(22)25/h5-15,19-20H,16-18H2,1-4H3,(H,28,31). The van der Waals surface area contributed by atoms with Gasteiger partial charge < -0.3 is 19.7 Å². The van der Waals surface area contributed by atoms with E-state index in [0.717, 1.165) is 16.3 Å². The highest BCUT2D eigenvalue weighted by atomic mass is 16.5. The first-order valence-corrected chi connectivity index (χ1v) is 11.2. The highest BCUT2D eigenvalue weighted by molar-refractivity contribution is 5.90. The summed E-state index contributed by atoms with van der Waals surface area (Å²) in [6.07, 6.45) is 0. The number of amides is 2. The molecule has 33 heavy (non-hydrogen) atoms. The van der Waals surface area contributed by atoms with Crippen LogP contribution in [0.4, 0.5) is 0 Å². The molecular weight excluding hydrogens is 416 g/mol. The minimum Gasteiger partial charge on any atom is -0.497 e. The Balaban J connectivity index is 1.79. The van der Waals surface area contributed by atoms with E-state index in [-0.39, 0.29) is 25.0 Å². The molecule has 2 amide bonds. The molecule has 0 aromatic heterocycles. The van der Waals surface area contributed by atoms with Crippen molar-refractivity contribution in [3.63, 3.8) is 0 Å². The maximum atomic E-state index is 13.3. The Morgan fingerprint density at radius 1 is 0.970 bits per heavy atom. The van der Waals surface area contributed by atoms with Gasteiger partial charge in [0.2, 0.25) is 5.91 Å². The Hall–Kier alpha value is -3.54. The van der Waals surface area contributed by atoms with E-state index in [1.54, 1.807) is 18.9 Å². The number of hydrogen-bond donors (Lipinski definition) is 1. The normalized spacial score (nSPS) is 11.8. The number of hydrogen-bond acceptors (Lipinski definition) is 4. The number of fused-ring (bicyclic) bond motifs is 1. The lowest BCUT2D eigenvalue weighted by Crippen LogP contribution is -2.49. The average Bonchev–Trinajstić information content (AvgIpc) is 2.83. The van der Waals surface area contributed by atoms with Gasteiger partial charge in [-0.1, -0.05) is 62.4 Å². The fourth-order valence-electron chi connectivity index (χ4n) is 3.55. The first kappa shape index (κ1) is 24.1. The number of carbonyl (C=O) groups excluding carboxylic acids is 2. The zero-order valence-electron chi connectivity index (χ0n) is 19.7. The van der Waals surface area contributed by atoms with Crippen molar-refractivity contribution in [1.29, 1.82) is 0 Å². The minimum absolute atomic E-state index is 0.167. The second kappa shape index (κ2) is 11.4. The Labute approximate surface area is 195 Å². The summed E-state index contributed by atoms with van der Waals surface area (Å²) < 4.78 is 11.2. The quantitative estimate of drug-likeness (QED) is 0.499. The van der Waals surface area contributed by atoms with Crippen LogP contribution < -0.4 is 14.8 Å². The van der Waals surface area contributed by atoms with Gasteiger partial charge in [0, 0.05) is 18.5 Å². The van der Waals surface area contributed by atoms with E-state index in [9.17, 15) is 9.59 Å². The molecule has 1 atom stereocenters. The molecule has 6 nitrogen and oxygen atoms in total. The van der Waals surface area contributed by atoms with Crippen molar-refractivity contribution >= 4 is 22.6 Å². The van der Waals surface area contributed by atoms with Crippen LogP contribution in [-0.4, -0.2) is 43.0 Å². The summed E-state index contributed by atoms with van der Waals surface area (Å²) in [5, 5.41) is 4.90. The summed E-state index contributed by atoms with van der Waals surface area (Å²) in [5.74, 6) is 1.20. The molecule has 6 heteroatoms. The van der Waals surface area contributed by atoms with Gasteiger partial charge in [-0.2, -0.15) is 0 Å². The molecule has 0 heterocycles. The van der Waals surface area contributed by atoms with Gasteiger partial charge in [0.05, 0.1) is 7.11 Å². The van der Waals surface area contributed by atoms with Crippen LogP contribution in [-0.2, 0) is 16.1 Å². The molecular formula is C27H32N2O4. The maximum absolute atomic E-state index is 13.3. The Morgan fingerprint density at radius 2 is 1.70 bits per heavy atom. The third-order valence-electron chi connectivity index (χ3n) is 5.44. The summed E-state index contributed by atoms with van der Waals surface area (Å²) in [5.41, 5.74) is 0.872. The van der Waals surface area contributed by atoms with E-state index in [0.29, 0.717) is 24.0 Å². The molecule has 0 spiro atoms. The van der Waals surface area contributed by atoms with E-state index in [4.69, 9.17) is 9.47 Å². The van der Waals surface area contributed by atoms with Gasteiger partial charge in [-0.25, -0.2) is 0 Å². The van der Waals surface area contributed by atoms with Crippen molar-refractivity contribution in [2.45, 2.75) is 33.4 Å². The highest BCUT2D eigenvalue weighted by Gasteiger charge is 2.26. The zero-order valence-corrected chi connectivity index (χ0v) is 19.7. The largest absolute Gasteiger partial charge is 0.497 e. The van der Waals surface area contributed by atoms with Crippen molar-refractivity contribution in [2.24, 2.45) is 5.92 Å². The van der Waals surface area contributed by atoms with Crippen LogP contribution in [0.15, 0.2) is 66.7 Å². The van der Waals surface area contributed by atoms with E-state index >= 15 is 0 Å². The fraction of sp³-hybridized carbons (Fsp3) is 0.333. The SMILES string of the molecule is COc1cccc(CN(C(=O)COc2cccc3ccccc23)C(C)C(=O)NCC(C)C)c1. The van der Waals surface area contributed by atoms with Gasteiger partial charge in [-0.05, 0) is 42.0 Å². The van der Waals surface area contributed by atoms with Gasteiger partial charge in [-0.15, -0.1) is 0 Å².